The molecule has 2 N–H and O–H groups in total. The number of hydrogen-bond acceptors (Lipinski definition) is 6. The molecule has 162 valence electrons. The van der Waals surface area contributed by atoms with E-state index in [0.29, 0.717) is 22.8 Å². The van der Waals surface area contributed by atoms with Crippen molar-refractivity contribution in [3.8, 4) is 17.2 Å². The van der Waals surface area contributed by atoms with Gasteiger partial charge in [-0.1, -0.05) is 26.0 Å². The van der Waals surface area contributed by atoms with Crippen LogP contribution in [-0.4, -0.2) is 42.5 Å². The standard InChI is InChI=1S/C23H23NO7/c1-13(2)21(23(27)28)24-20(25)12-30-16-8-9-17-18(11-16)31-19(22(17)26)10-14-4-6-15(29-3)7-5-14/h4-11,13,21H,12H2,1-3H3,(H,24,25)(H,27,28)/b19-10-/t21-/m0/s1. The topological polar surface area (TPSA) is 111 Å². The number of carbonyl (C=O) groups excluding carboxylic acids is 2. The van der Waals surface area contributed by atoms with Crippen molar-refractivity contribution in [1.82, 2.24) is 5.32 Å². The molecular weight excluding hydrogens is 402 g/mol. The number of carboxylic acid groups (broad SMARTS) is 1. The Morgan fingerprint density at radius 2 is 1.81 bits per heavy atom. The van der Waals surface area contributed by atoms with Crippen molar-refractivity contribution in [3.63, 3.8) is 0 Å². The molecular formula is C23H23NO7. The maximum atomic E-state index is 12.6. The Bertz CT molecular complexity index is 1020. The van der Waals surface area contributed by atoms with Gasteiger partial charge in [-0.05, 0) is 41.8 Å². The van der Waals surface area contributed by atoms with Crippen molar-refractivity contribution in [3.05, 3.63) is 59.4 Å². The van der Waals surface area contributed by atoms with Crippen LogP contribution in [-0.2, 0) is 9.59 Å². The van der Waals surface area contributed by atoms with Crippen molar-refractivity contribution in [2.24, 2.45) is 5.92 Å². The predicted octanol–water partition coefficient (Wildman–Crippen LogP) is 2.92. The van der Waals surface area contributed by atoms with E-state index in [1.54, 1.807) is 63.4 Å². The summed E-state index contributed by atoms with van der Waals surface area (Å²) in [6.07, 6.45) is 1.63. The van der Waals surface area contributed by atoms with Crippen LogP contribution in [0.1, 0.15) is 29.8 Å². The van der Waals surface area contributed by atoms with E-state index in [1.807, 2.05) is 0 Å². The quantitative estimate of drug-likeness (QED) is 0.626. The average Bonchev–Trinajstić information content (AvgIpc) is 3.05. The SMILES string of the molecule is COc1ccc(/C=C2\Oc3cc(OCC(=O)N[C@H](C(=O)O)C(C)C)ccc3C2=O)cc1. The van der Waals surface area contributed by atoms with E-state index < -0.39 is 17.9 Å². The van der Waals surface area contributed by atoms with E-state index in [-0.39, 0.29) is 24.1 Å². The molecule has 0 aromatic heterocycles. The molecule has 31 heavy (non-hydrogen) atoms. The molecule has 0 fully saturated rings. The summed E-state index contributed by atoms with van der Waals surface area (Å²) in [7, 11) is 1.58. The Hall–Kier alpha value is -3.81. The molecule has 2 aromatic carbocycles. The Balaban J connectivity index is 1.65. The van der Waals surface area contributed by atoms with Gasteiger partial charge in [0, 0.05) is 6.07 Å². The summed E-state index contributed by atoms with van der Waals surface area (Å²) in [4.78, 5) is 35.8. The molecule has 0 unspecified atom stereocenters. The monoisotopic (exact) mass is 425 g/mol. The number of amides is 1. The first-order valence-electron chi connectivity index (χ1n) is 9.66. The van der Waals surface area contributed by atoms with Gasteiger partial charge in [-0.2, -0.15) is 0 Å². The number of methoxy groups -OCH3 is 1. The minimum absolute atomic E-state index is 0.177. The molecule has 0 radical (unpaired) electrons. The highest BCUT2D eigenvalue weighted by Crippen LogP contribution is 2.35. The fourth-order valence-electron chi connectivity index (χ4n) is 2.99. The van der Waals surface area contributed by atoms with Crippen LogP contribution in [0, 0.1) is 5.92 Å². The van der Waals surface area contributed by atoms with Crippen molar-refractivity contribution in [2.45, 2.75) is 19.9 Å². The van der Waals surface area contributed by atoms with Gasteiger partial charge in [0.05, 0.1) is 12.7 Å². The van der Waals surface area contributed by atoms with E-state index in [1.165, 1.54) is 6.07 Å². The largest absolute Gasteiger partial charge is 0.497 e. The number of hydrogen-bond donors (Lipinski definition) is 2. The lowest BCUT2D eigenvalue weighted by Crippen LogP contribution is -2.46. The van der Waals surface area contributed by atoms with Crippen molar-refractivity contribution in [1.29, 1.82) is 0 Å². The van der Waals surface area contributed by atoms with Crippen LogP contribution in [0.2, 0.25) is 0 Å². The molecule has 1 aliphatic heterocycles. The van der Waals surface area contributed by atoms with Gasteiger partial charge in [-0.3, -0.25) is 9.59 Å². The summed E-state index contributed by atoms with van der Waals surface area (Å²) >= 11 is 0. The number of fused-ring (bicyclic) bond motifs is 1. The molecule has 1 atom stereocenters. The summed E-state index contributed by atoms with van der Waals surface area (Å²) in [5.74, 6) is -0.651. The van der Waals surface area contributed by atoms with Crippen LogP contribution in [0.15, 0.2) is 48.2 Å². The van der Waals surface area contributed by atoms with Crippen LogP contribution in [0.3, 0.4) is 0 Å². The Kier molecular flexibility index (Phi) is 6.59. The van der Waals surface area contributed by atoms with E-state index in [9.17, 15) is 14.4 Å². The highest BCUT2D eigenvalue weighted by atomic mass is 16.5. The van der Waals surface area contributed by atoms with Gasteiger partial charge in [-0.15, -0.1) is 0 Å². The molecule has 8 heteroatoms. The highest BCUT2D eigenvalue weighted by Gasteiger charge is 2.28. The number of carboxylic acids is 1. The minimum atomic E-state index is -1.11. The van der Waals surface area contributed by atoms with E-state index >= 15 is 0 Å². The number of nitrogens with one attached hydrogen (secondary N) is 1. The molecule has 0 spiro atoms. The predicted molar refractivity (Wildman–Crippen MR) is 112 cm³/mol. The first-order chi connectivity index (χ1) is 14.8. The summed E-state index contributed by atoms with van der Waals surface area (Å²) in [6, 6.07) is 10.8. The third kappa shape index (κ3) is 5.22. The van der Waals surface area contributed by atoms with E-state index in [2.05, 4.69) is 5.32 Å². The van der Waals surface area contributed by atoms with Crippen LogP contribution in [0.4, 0.5) is 0 Å². The Morgan fingerprint density at radius 3 is 2.42 bits per heavy atom. The minimum Gasteiger partial charge on any atom is -0.497 e. The molecule has 0 bridgehead atoms. The second-order valence-electron chi connectivity index (χ2n) is 7.29. The third-order valence-electron chi connectivity index (χ3n) is 4.67. The zero-order valence-corrected chi connectivity index (χ0v) is 17.4. The van der Waals surface area contributed by atoms with Gasteiger partial charge in [-0.25, -0.2) is 4.79 Å². The fraction of sp³-hybridized carbons (Fsp3) is 0.261. The van der Waals surface area contributed by atoms with Gasteiger partial charge < -0.3 is 24.6 Å². The zero-order chi connectivity index (χ0) is 22.5. The molecule has 3 rings (SSSR count). The second kappa shape index (κ2) is 9.34. The van der Waals surface area contributed by atoms with Crippen LogP contribution in [0.25, 0.3) is 6.08 Å². The zero-order valence-electron chi connectivity index (χ0n) is 17.4. The van der Waals surface area contributed by atoms with E-state index in [4.69, 9.17) is 19.3 Å². The number of benzene rings is 2. The van der Waals surface area contributed by atoms with Crippen molar-refractivity contribution >= 4 is 23.7 Å². The number of aliphatic carboxylic acids is 1. The summed E-state index contributed by atoms with van der Waals surface area (Å²) in [6.45, 7) is 3.04. The molecule has 0 saturated heterocycles. The summed E-state index contributed by atoms with van der Waals surface area (Å²) in [5.41, 5.74) is 1.17. The molecule has 1 heterocycles. The van der Waals surface area contributed by atoms with Gasteiger partial charge in [0.25, 0.3) is 5.91 Å². The highest BCUT2D eigenvalue weighted by molar-refractivity contribution is 6.14. The number of allylic oxidation sites excluding steroid dienone is 1. The number of Topliss-reactive ketones (excluding diaryl/α,β-unsaturated/α-hetero) is 1. The van der Waals surface area contributed by atoms with Crippen LogP contribution in [0.5, 0.6) is 17.2 Å². The number of ether oxygens (including phenoxy) is 3. The molecule has 2 aromatic rings. The van der Waals surface area contributed by atoms with Crippen molar-refractivity contribution < 1.29 is 33.7 Å². The third-order valence-corrected chi connectivity index (χ3v) is 4.67. The lowest BCUT2D eigenvalue weighted by Gasteiger charge is -2.18. The van der Waals surface area contributed by atoms with E-state index in [0.717, 1.165) is 5.56 Å². The fourth-order valence-corrected chi connectivity index (χ4v) is 2.99. The van der Waals surface area contributed by atoms with Crippen LogP contribution < -0.4 is 19.5 Å². The Morgan fingerprint density at radius 1 is 1.13 bits per heavy atom. The molecule has 1 aliphatic rings. The maximum absolute atomic E-state index is 12.6. The first-order valence-corrected chi connectivity index (χ1v) is 9.66. The van der Waals surface area contributed by atoms with Gasteiger partial charge in [0.2, 0.25) is 5.78 Å². The number of rotatable bonds is 8. The lowest BCUT2D eigenvalue weighted by atomic mass is 10.1. The second-order valence-corrected chi connectivity index (χ2v) is 7.29. The van der Waals surface area contributed by atoms with Gasteiger partial charge >= 0.3 is 5.97 Å². The number of ketones is 1. The smallest absolute Gasteiger partial charge is 0.326 e. The van der Waals surface area contributed by atoms with Gasteiger partial charge in [0.1, 0.15) is 23.3 Å². The maximum Gasteiger partial charge on any atom is 0.326 e. The summed E-state index contributed by atoms with van der Waals surface area (Å²) < 4.78 is 16.2. The summed E-state index contributed by atoms with van der Waals surface area (Å²) in [5, 5.41) is 11.6. The molecule has 0 aliphatic carbocycles. The molecule has 8 nitrogen and oxygen atoms in total. The molecule has 1 amide bonds. The van der Waals surface area contributed by atoms with Crippen LogP contribution >= 0.6 is 0 Å². The average molecular weight is 425 g/mol. The number of carbonyl (C=O) groups is 3. The lowest BCUT2D eigenvalue weighted by molar-refractivity contribution is -0.143. The first kappa shape index (κ1) is 21.9. The Labute approximate surface area is 179 Å². The molecule has 0 saturated carbocycles. The van der Waals surface area contributed by atoms with Crippen molar-refractivity contribution in [2.75, 3.05) is 13.7 Å². The normalized spacial score (nSPS) is 14.7. The van der Waals surface area contributed by atoms with Gasteiger partial charge in [0.15, 0.2) is 12.4 Å².